The van der Waals surface area contributed by atoms with Gasteiger partial charge in [0.1, 0.15) is 46.4 Å². The fraction of sp³-hybridized carbons (Fsp3) is 0.411. The van der Waals surface area contributed by atoms with E-state index in [1.54, 1.807) is 119 Å². The molecule has 6 fully saturated rings. The Bertz CT molecular complexity index is 5130. The van der Waals surface area contributed by atoms with Crippen molar-refractivity contribution in [3.8, 4) is 11.5 Å². The van der Waals surface area contributed by atoms with Gasteiger partial charge in [0.25, 0.3) is 0 Å². The highest BCUT2D eigenvalue weighted by atomic mass is 16.6. The van der Waals surface area contributed by atoms with Gasteiger partial charge in [-0.05, 0) is 211 Å². The second-order valence-electron chi connectivity index (χ2n) is 34.1. The normalized spacial score (nSPS) is 20.5. The minimum absolute atomic E-state index is 0.0619. The van der Waals surface area contributed by atoms with Gasteiger partial charge >= 0.3 is 36.2 Å². The summed E-state index contributed by atoms with van der Waals surface area (Å²) in [6, 6.07) is 50.8. The van der Waals surface area contributed by atoms with Gasteiger partial charge in [-0.15, -0.1) is 0 Å². The molecule has 6 aliphatic rings. The van der Waals surface area contributed by atoms with Gasteiger partial charge in [-0.3, -0.25) is 48.6 Å². The predicted octanol–water partition coefficient (Wildman–Crippen LogP) is 13.1. The molecule has 8 aromatic rings. The summed E-state index contributed by atoms with van der Waals surface area (Å²) in [6.45, 7) is 16.0. The first-order valence-corrected chi connectivity index (χ1v) is 42.2. The summed E-state index contributed by atoms with van der Waals surface area (Å²) in [7, 11) is 6.19. The van der Waals surface area contributed by atoms with Crippen LogP contribution in [0.25, 0.3) is 0 Å². The topological polar surface area (TPSA) is 334 Å². The Hall–Kier alpha value is -13.1. The molecule has 0 saturated carbocycles. The Labute approximate surface area is 723 Å². The highest BCUT2D eigenvalue weighted by Crippen LogP contribution is 2.40. The molecule has 9 atom stereocenters. The van der Waals surface area contributed by atoms with Crippen LogP contribution in [0.15, 0.2) is 195 Å². The number of rotatable bonds is 20. The number of aliphatic carboxylic acids is 1. The van der Waals surface area contributed by atoms with E-state index in [0.717, 1.165) is 86.7 Å². The molecule has 29 nitrogen and oxygen atoms in total. The number of carbonyl (C=O) groups is 11. The quantitative estimate of drug-likeness (QED) is 0.0597. The third-order valence-corrected chi connectivity index (χ3v) is 23.2. The number of amides is 13. The van der Waals surface area contributed by atoms with Crippen molar-refractivity contribution in [2.75, 3.05) is 77.4 Å². The van der Waals surface area contributed by atoms with Crippen molar-refractivity contribution in [3.05, 3.63) is 245 Å². The number of pyridine rings is 3. The molecule has 3 aromatic heterocycles. The molecule has 9 heterocycles. The summed E-state index contributed by atoms with van der Waals surface area (Å²) in [4.78, 5) is 169. The molecule has 14 rings (SSSR count). The van der Waals surface area contributed by atoms with Crippen molar-refractivity contribution >= 4 is 77.4 Å². The van der Waals surface area contributed by atoms with Crippen molar-refractivity contribution in [2.24, 2.45) is 17.8 Å². The third-order valence-electron chi connectivity index (χ3n) is 23.2. The molecule has 0 aliphatic carbocycles. The first-order chi connectivity index (χ1) is 59.4. The van der Waals surface area contributed by atoms with Crippen LogP contribution in [0, 0.1) is 24.7 Å². The van der Waals surface area contributed by atoms with Crippen LogP contribution in [-0.4, -0.2) is 212 Å². The van der Waals surface area contributed by atoms with Crippen molar-refractivity contribution in [1.29, 1.82) is 0 Å². The summed E-state index contributed by atoms with van der Waals surface area (Å²) < 4.78 is 21.9. The first-order valence-electron chi connectivity index (χ1n) is 42.2. The molecule has 0 spiro atoms. The summed E-state index contributed by atoms with van der Waals surface area (Å²) in [5, 5.41) is 15.4. The van der Waals surface area contributed by atoms with Crippen molar-refractivity contribution < 1.29 is 76.8 Å². The predicted molar refractivity (Wildman–Crippen MR) is 464 cm³/mol. The molecule has 3 N–H and O–H groups in total. The number of likely N-dealkylation sites (tertiary alicyclic amines) is 6. The highest BCUT2D eigenvalue weighted by Gasteiger charge is 2.58. The summed E-state index contributed by atoms with van der Waals surface area (Å²) in [5.41, 5.74) is 6.70. The smallest absolute Gasteiger partial charge is 0.416 e. The molecule has 13 amide bonds. The maximum Gasteiger partial charge on any atom is 0.416 e. The van der Waals surface area contributed by atoms with Crippen LogP contribution in [0.3, 0.4) is 0 Å². The molecule has 652 valence electrons. The summed E-state index contributed by atoms with van der Waals surface area (Å²) in [5.74, 6) is -2.86. The number of ether oxygens (including phenoxy) is 4. The second kappa shape index (κ2) is 40.3. The number of anilines is 2. The van der Waals surface area contributed by atoms with E-state index in [1.807, 2.05) is 122 Å². The number of carboxylic acids is 1. The number of aryl methyl sites for hydroxylation is 1. The maximum absolute atomic E-state index is 13.7. The molecule has 0 unspecified atom stereocenters. The number of hydrogen-bond donors (Lipinski definition) is 3. The van der Waals surface area contributed by atoms with E-state index in [2.05, 4.69) is 49.9 Å². The molecule has 6 saturated heterocycles. The van der Waals surface area contributed by atoms with Crippen LogP contribution in [-0.2, 0) is 70.6 Å². The Morgan fingerprint density at radius 1 is 0.427 bits per heavy atom. The first kappa shape index (κ1) is 90.2. The lowest BCUT2D eigenvalue weighted by molar-refractivity contribution is -0.166. The Morgan fingerprint density at radius 3 is 1.05 bits per heavy atom. The Kier molecular flexibility index (Phi) is 29.3. The number of benzene rings is 5. The highest BCUT2D eigenvalue weighted by molar-refractivity contribution is 6.10. The zero-order valence-corrected chi connectivity index (χ0v) is 72.2. The number of carboxylic acid groups (broad SMARTS) is 1. The molecule has 29 heteroatoms. The Balaban J connectivity index is 0.000000173. The molecule has 0 bridgehead atoms. The van der Waals surface area contributed by atoms with Gasteiger partial charge in [0.2, 0.25) is 29.5 Å². The molecule has 5 aromatic carbocycles. The summed E-state index contributed by atoms with van der Waals surface area (Å²) in [6.07, 6.45) is 9.56. The van der Waals surface area contributed by atoms with Crippen LogP contribution < -0.4 is 29.9 Å². The van der Waals surface area contributed by atoms with E-state index in [9.17, 15) is 57.8 Å². The third kappa shape index (κ3) is 21.9. The lowest BCUT2D eigenvalue weighted by Gasteiger charge is -2.47. The number of piperidine rings is 3. The van der Waals surface area contributed by atoms with E-state index >= 15 is 0 Å². The Morgan fingerprint density at radius 2 is 0.742 bits per heavy atom. The van der Waals surface area contributed by atoms with E-state index < -0.39 is 95.0 Å². The van der Waals surface area contributed by atoms with Gasteiger partial charge in [-0.25, -0.2) is 43.6 Å². The minimum Gasteiger partial charge on any atom is -0.497 e. The van der Waals surface area contributed by atoms with Gasteiger partial charge in [0, 0.05) is 95.4 Å². The van der Waals surface area contributed by atoms with Crippen molar-refractivity contribution in [2.45, 2.75) is 166 Å². The standard InChI is InChI=1S/C36H43N5O6.C35H40N4O7.C24H28N4O3/c1-36(2,3)47-35(45)40(22-24-13-15-28(46-5)16-14-24)30-21-25(17-18-38-30)20-29-31(32(42)37-4)41(33(29)43)34(44)39-19-9-12-27(23-39)26-10-7-6-8-11-26;1-35(2,3)46-34(44)38(21-23-12-14-27(45-4)15-13-23)29-20-24(16-17-36-29)19-28-30(32(41)42)39(31(28)40)33(43)37-18-8-11-26(22-37)25-9-6-5-7-10-25;1-16-13-17(10-11-26-16)14-20-21(22(29)25-2)28(23(20)30)24(31)27-12-6-9-19(15-27)18-7-4-3-5-8-18/h6-8,10-11,13-18,21,27,29,31H,9,12,19-20,22-23H2,1-5H3,(H,37,42);5-7,9-10,12-17,20,26,28,30H,8,11,18-19,21-22H2,1-4H3,(H,41,42);3-5,7-8,10-11,13,19-21H,6,9,12,14-15H2,1-2H3,(H,25,29)/t27-,29+,31-;26-,28+,30-;19-,20+,21-/m000/s1. The summed E-state index contributed by atoms with van der Waals surface area (Å²) >= 11 is 0. The lowest BCUT2D eigenvalue weighted by Crippen LogP contribution is -2.70. The van der Waals surface area contributed by atoms with Crippen LogP contribution in [0.2, 0.25) is 0 Å². The average Bonchev–Trinajstić information content (AvgIpc) is 0.750. The zero-order chi connectivity index (χ0) is 88.7. The monoisotopic (exact) mass is 1690 g/mol. The van der Waals surface area contributed by atoms with Crippen LogP contribution in [0.5, 0.6) is 11.5 Å². The number of imide groups is 3. The number of hydrogen-bond acceptors (Lipinski definition) is 18. The number of likely N-dealkylation sites (N-methyl/N-ethyl adjacent to an activating group) is 2. The zero-order valence-electron chi connectivity index (χ0n) is 72.2. The van der Waals surface area contributed by atoms with Crippen molar-refractivity contribution in [1.82, 2.24) is 55.0 Å². The van der Waals surface area contributed by atoms with E-state index in [1.165, 1.54) is 35.7 Å². The molecular weight excluding hydrogens is 1580 g/mol. The fourth-order valence-corrected chi connectivity index (χ4v) is 16.9. The van der Waals surface area contributed by atoms with Gasteiger partial charge < -0.3 is 49.4 Å². The number of urea groups is 3. The number of nitrogens with one attached hydrogen (secondary N) is 2. The van der Waals surface area contributed by atoms with Crippen molar-refractivity contribution in [3.63, 3.8) is 0 Å². The SMILES string of the molecule is CNC(=O)[C@@H]1[C@@H](Cc2ccnc(C)c2)C(=O)N1C(=O)N1CCC[C@H](c2ccccc2)C1.CNC(=O)[C@@H]1[C@@H](Cc2ccnc(N(Cc3ccc(OC)cc3)C(=O)OC(C)(C)C)c2)C(=O)N1C(=O)N1CCC[C@H](c2ccccc2)C1.COc1ccc(CN(C(=O)OC(C)(C)C)c2cc(C[C@H]3C(=O)N(C(=O)N4CCC[C@H](c5ccccc5)C4)[C@@H]3C(=O)O)ccn2)cc1. The largest absolute Gasteiger partial charge is 0.497 e. The average molecular weight is 1690 g/mol. The molecule has 6 aliphatic heterocycles. The molecule has 0 radical (unpaired) electrons. The number of aromatic nitrogens is 3. The van der Waals surface area contributed by atoms with Gasteiger partial charge in [-0.1, -0.05) is 115 Å². The van der Waals surface area contributed by atoms with E-state index in [0.29, 0.717) is 74.1 Å². The number of β-lactam (4-membered cyclic amide) rings is 3. The number of nitrogens with zero attached hydrogens (tertiary/aromatic N) is 11. The van der Waals surface area contributed by atoms with Crippen LogP contribution in [0.4, 0.5) is 35.6 Å². The van der Waals surface area contributed by atoms with Gasteiger partial charge in [0.15, 0.2) is 6.04 Å². The van der Waals surface area contributed by atoms with E-state index in [4.69, 9.17) is 18.9 Å². The second-order valence-corrected chi connectivity index (χ2v) is 34.1. The molecular formula is C95H111N13O16. The van der Waals surface area contributed by atoms with E-state index in [-0.39, 0.29) is 67.3 Å². The number of methoxy groups -OCH3 is 2. The molecule has 124 heavy (non-hydrogen) atoms. The van der Waals surface area contributed by atoms with Crippen LogP contribution in [0.1, 0.15) is 148 Å². The number of carbonyl (C=O) groups excluding carboxylic acids is 10. The minimum atomic E-state index is -1.30. The van der Waals surface area contributed by atoms with Crippen LogP contribution >= 0.6 is 0 Å². The lowest BCUT2D eigenvalue weighted by atomic mass is 9.81. The fourth-order valence-electron chi connectivity index (χ4n) is 16.9. The van der Waals surface area contributed by atoms with Gasteiger partial charge in [-0.2, -0.15) is 0 Å². The maximum atomic E-state index is 13.7. The van der Waals surface area contributed by atoms with Gasteiger partial charge in [0.05, 0.1) is 45.1 Å².